The monoisotopic (exact) mass is 258 g/mol. The van der Waals surface area contributed by atoms with Crippen molar-refractivity contribution in [3.63, 3.8) is 0 Å². The summed E-state index contributed by atoms with van der Waals surface area (Å²) in [6, 6.07) is 14.0. The summed E-state index contributed by atoms with van der Waals surface area (Å²) in [5.74, 6) is -0.541. The maximum Gasteiger partial charge on any atom is 0.243 e. The van der Waals surface area contributed by atoms with Gasteiger partial charge in [-0.2, -0.15) is 0 Å². The maximum absolute atomic E-state index is 13.3. The van der Waals surface area contributed by atoms with E-state index in [2.05, 4.69) is 10.6 Å². The van der Waals surface area contributed by atoms with Gasteiger partial charge in [0.2, 0.25) is 5.91 Å². The topological polar surface area (TPSA) is 41.1 Å². The van der Waals surface area contributed by atoms with Crippen molar-refractivity contribution in [1.82, 2.24) is 0 Å². The fraction of sp³-hybridized carbons (Fsp3) is 0.133. The first-order valence-corrected chi connectivity index (χ1v) is 6.00. The molecule has 0 bridgehead atoms. The highest BCUT2D eigenvalue weighted by Gasteiger charge is 2.04. The summed E-state index contributed by atoms with van der Waals surface area (Å²) in [6.45, 7) is 1.82. The lowest BCUT2D eigenvalue weighted by molar-refractivity contribution is -0.114. The molecule has 0 aliphatic rings. The number of aryl methyl sites for hydroxylation is 1. The summed E-state index contributed by atoms with van der Waals surface area (Å²) in [5, 5.41) is 5.62. The quantitative estimate of drug-likeness (QED) is 0.884. The van der Waals surface area contributed by atoms with Gasteiger partial charge < -0.3 is 10.6 Å². The number of para-hydroxylation sites is 1. The van der Waals surface area contributed by atoms with Crippen LogP contribution in [0.3, 0.4) is 0 Å². The molecule has 0 atom stereocenters. The van der Waals surface area contributed by atoms with Crippen LogP contribution in [0.5, 0.6) is 0 Å². The molecule has 0 fully saturated rings. The number of hydrogen-bond donors (Lipinski definition) is 2. The van der Waals surface area contributed by atoms with Gasteiger partial charge in [-0.25, -0.2) is 4.39 Å². The molecule has 0 unspecified atom stereocenters. The van der Waals surface area contributed by atoms with Gasteiger partial charge in [0.25, 0.3) is 0 Å². The Balaban J connectivity index is 1.89. The molecular formula is C15H15FN2O. The Kier molecular flexibility index (Phi) is 4.13. The molecular weight excluding hydrogens is 243 g/mol. The van der Waals surface area contributed by atoms with E-state index in [-0.39, 0.29) is 18.3 Å². The van der Waals surface area contributed by atoms with E-state index in [4.69, 9.17) is 0 Å². The minimum Gasteiger partial charge on any atom is -0.376 e. The molecule has 0 aliphatic carbocycles. The van der Waals surface area contributed by atoms with Crippen LogP contribution >= 0.6 is 0 Å². The predicted molar refractivity (Wildman–Crippen MR) is 74.7 cm³/mol. The van der Waals surface area contributed by atoms with Crippen molar-refractivity contribution < 1.29 is 9.18 Å². The molecule has 0 aromatic heterocycles. The molecule has 2 aromatic carbocycles. The molecule has 0 radical (unpaired) electrons. The van der Waals surface area contributed by atoms with Crippen LogP contribution in [-0.2, 0) is 4.79 Å². The van der Waals surface area contributed by atoms with Crippen molar-refractivity contribution in [3.05, 3.63) is 59.9 Å². The van der Waals surface area contributed by atoms with E-state index in [1.807, 2.05) is 30.3 Å². The third kappa shape index (κ3) is 3.81. The number of anilines is 2. The van der Waals surface area contributed by atoms with Crippen LogP contribution in [0.25, 0.3) is 0 Å². The average Bonchev–Trinajstić information content (AvgIpc) is 2.42. The molecule has 19 heavy (non-hydrogen) atoms. The highest BCUT2D eigenvalue weighted by atomic mass is 19.1. The number of carbonyl (C=O) groups excluding carboxylic acids is 1. The third-order valence-electron chi connectivity index (χ3n) is 2.68. The fourth-order valence-corrected chi connectivity index (χ4v) is 1.61. The minimum atomic E-state index is -0.325. The molecule has 4 heteroatoms. The van der Waals surface area contributed by atoms with Crippen LogP contribution in [-0.4, -0.2) is 12.5 Å². The number of hydrogen-bond acceptors (Lipinski definition) is 2. The minimum absolute atomic E-state index is 0.138. The van der Waals surface area contributed by atoms with Crippen molar-refractivity contribution in [2.75, 3.05) is 17.2 Å². The summed E-state index contributed by atoms with van der Waals surface area (Å²) in [4.78, 5) is 11.7. The summed E-state index contributed by atoms with van der Waals surface area (Å²) in [7, 11) is 0. The molecule has 1 amide bonds. The summed E-state index contributed by atoms with van der Waals surface area (Å²) >= 11 is 0. The van der Waals surface area contributed by atoms with Crippen molar-refractivity contribution in [2.45, 2.75) is 6.92 Å². The van der Waals surface area contributed by atoms with Crippen molar-refractivity contribution in [2.24, 2.45) is 0 Å². The molecule has 98 valence electrons. The third-order valence-corrected chi connectivity index (χ3v) is 2.68. The van der Waals surface area contributed by atoms with Crippen LogP contribution in [0.15, 0.2) is 48.5 Å². The van der Waals surface area contributed by atoms with Gasteiger partial charge in [-0.1, -0.05) is 24.3 Å². The standard InChI is InChI=1S/C15H15FN2O/c1-11-7-8-13(9-14(11)16)18-15(19)10-17-12-5-3-2-4-6-12/h2-9,17H,10H2,1H3,(H,18,19). The van der Waals surface area contributed by atoms with Crippen molar-refractivity contribution >= 4 is 17.3 Å². The number of rotatable bonds is 4. The molecule has 0 heterocycles. The highest BCUT2D eigenvalue weighted by Crippen LogP contribution is 2.13. The number of benzene rings is 2. The normalized spacial score (nSPS) is 10.0. The lowest BCUT2D eigenvalue weighted by Crippen LogP contribution is -2.21. The molecule has 2 N–H and O–H groups in total. The molecule has 3 nitrogen and oxygen atoms in total. The SMILES string of the molecule is Cc1ccc(NC(=O)CNc2ccccc2)cc1F. The van der Waals surface area contributed by atoms with Gasteiger partial charge in [0, 0.05) is 11.4 Å². The smallest absolute Gasteiger partial charge is 0.243 e. The zero-order valence-corrected chi connectivity index (χ0v) is 10.6. The molecule has 2 rings (SSSR count). The molecule has 0 saturated carbocycles. The first kappa shape index (κ1) is 13.1. The summed E-state index contributed by atoms with van der Waals surface area (Å²) in [5.41, 5.74) is 1.89. The van der Waals surface area contributed by atoms with Crippen LogP contribution in [0, 0.1) is 12.7 Å². The van der Waals surface area contributed by atoms with E-state index >= 15 is 0 Å². The Labute approximate surface area is 111 Å². The Hall–Kier alpha value is -2.36. The van der Waals surface area contributed by atoms with E-state index in [9.17, 15) is 9.18 Å². The van der Waals surface area contributed by atoms with Crippen LogP contribution in [0.1, 0.15) is 5.56 Å². The largest absolute Gasteiger partial charge is 0.376 e. The first-order valence-electron chi connectivity index (χ1n) is 6.00. The van der Waals surface area contributed by atoms with E-state index in [1.165, 1.54) is 6.07 Å². The van der Waals surface area contributed by atoms with Crippen LogP contribution < -0.4 is 10.6 Å². The second-order valence-electron chi connectivity index (χ2n) is 4.23. The second kappa shape index (κ2) is 6.00. The zero-order valence-electron chi connectivity index (χ0n) is 10.6. The number of amides is 1. The summed E-state index contributed by atoms with van der Waals surface area (Å²) < 4.78 is 13.3. The van der Waals surface area contributed by atoms with Gasteiger partial charge in [-0.3, -0.25) is 4.79 Å². The Bertz CT molecular complexity index is 570. The van der Waals surface area contributed by atoms with Gasteiger partial charge in [-0.15, -0.1) is 0 Å². The highest BCUT2D eigenvalue weighted by molar-refractivity contribution is 5.93. The Morgan fingerprint density at radius 3 is 2.53 bits per heavy atom. The first-order chi connectivity index (χ1) is 9.15. The van der Waals surface area contributed by atoms with Crippen LogP contribution in [0.2, 0.25) is 0 Å². The average molecular weight is 258 g/mol. The van der Waals surface area contributed by atoms with Gasteiger partial charge in [0.15, 0.2) is 0 Å². The van der Waals surface area contributed by atoms with E-state index in [0.717, 1.165) is 5.69 Å². The van der Waals surface area contributed by atoms with E-state index in [0.29, 0.717) is 11.3 Å². The lowest BCUT2D eigenvalue weighted by Gasteiger charge is -2.08. The zero-order chi connectivity index (χ0) is 13.7. The lowest BCUT2D eigenvalue weighted by atomic mass is 10.2. The van der Waals surface area contributed by atoms with Crippen LogP contribution in [0.4, 0.5) is 15.8 Å². The molecule has 0 spiro atoms. The molecule has 0 aliphatic heterocycles. The predicted octanol–water partition coefficient (Wildman–Crippen LogP) is 3.18. The van der Waals surface area contributed by atoms with Gasteiger partial charge in [0.1, 0.15) is 5.82 Å². The van der Waals surface area contributed by atoms with Gasteiger partial charge in [0.05, 0.1) is 6.54 Å². The van der Waals surface area contributed by atoms with E-state index in [1.54, 1.807) is 19.1 Å². The molecule has 0 saturated heterocycles. The van der Waals surface area contributed by atoms with Gasteiger partial charge in [-0.05, 0) is 36.8 Å². The maximum atomic E-state index is 13.3. The van der Waals surface area contributed by atoms with Gasteiger partial charge >= 0.3 is 0 Å². The Morgan fingerprint density at radius 1 is 1.11 bits per heavy atom. The summed E-state index contributed by atoms with van der Waals surface area (Å²) in [6.07, 6.45) is 0. The number of carbonyl (C=O) groups is 1. The van der Waals surface area contributed by atoms with Crippen molar-refractivity contribution in [3.8, 4) is 0 Å². The number of nitrogens with one attached hydrogen (secondary N) is 2. The van der Waals surface area contributed by atoms with Crippen molar-refractivity contribution in [1.29, 1.82) is 0 Å². The second-order valence-corrected chi connectivity index (χ2v) is 4.23. The molecule has 2 aromatic rings. The fourth-order valence-electron chi connectivity index (χ4n) is 1.61. The Morgan fingerprint density at radius 2 is 1.84 bits per heavy atom. The van der Waals surface area contributed by atoms with E-state index < -0.39 is 0 Å². The number of halogens is 1.